The molecule has 0 N–H and O–H groups in total. The van der Waals surface area contributed by atoms with Crippen molar-refractivity contribution in [2.24, 2.45) is 0 Å². The Bertz CT molecular complexity index is 753. The number of benzene rings is 1. The van der Waals surface area contributed by atoms with E-state index in [1.807, 2.05) is 24.4 Å². The van der Waals surface area contributed by atoms with Crippen LogP contribution in [0.25, 0.3) is 0 Å². The SMILES string of the molecule is CN1CCCCN2c3ccncc3Oc3ccc(cc32)OCCOCC1. The van der Waals surface area contributed by atoms with Gasteiger partial charge in [0.15, 0.2) is 11.5 Å². The van der Waals surface area contributed by atoms with Crippen LogP contribution < -0.4 is 14.4 Å². The van der Waals surface area contributed by atoms with Crippen molar-refractivity contribution in [3.05, 3.63) is 36.7 Å². The molecule has 1 aromatic heterocycles. The third kappa shape index (κ3) is 3.76. The third-order valence-electron chi connectivity index (χ3n) is 4.78. The number of aromatic nitrogens is 1. The smallest absolute Gasteiger partial charge is 0.169 e. The maximum Gasteiger partial charge on any atom is 0.169 e. The van der Waals surface area contributed by atoms with E-state index in [9.17, 15) is 0 Å². The van der Waals surface area contributed by atoms with E-state index in [4.69, 9.17) is 14.2 Å². The van der Waals surface area contributed by atoms with Crippen molar-refractivity contribution in [1.82, 2.24) is 9.88 Å². The number of pyridine rings is 1. The number of nitrogens with zero attached hydrogens (tertiary/aromatic N) is 3. The van der Waals surface area contributed by atoms with Crippen molar-refractivity contribution in [1.29, 1.82) is 0 Å². The second-order valence-corrected chi connectivity index (χ2v) is 6.70. The van der Waals surface area contributed by atoms with E-state index in [1.165, 1.54) is 0 Å². The summed E-state index contributed by atoms with van der Waals surface area (Å²) >= 11 is 0. The van der Waals surface area contributed by atoms with Crippen LogP contribution in [0.2, 0.25) is 0 Å². The number of anilines is 2. The lowest BCUT2D eigenvalue weighted by Crippen LogP contribution is -2.26. The Morgan fingerprint density at radius 3 is 2.81 bits per heavy atom. The van der Waals surface area contributed by atoms with E-state index in [0.29, 0.717) is 13.2 Å². The van der Waals surface area contributed by atoms with Gasteiger partial charge in [-0.1, -0.05) is 0 Å². The number of fused-ring (bicyclic) bond motifs is 3. The molecule has 4 rings (SSSR count). The predicted octanol–water partition coefficient (Wildman–Crippen LogP) is 3.45. The van der Waals surface area contributed by atoms with Crippen molar-refractivity contribution in [3.63, 3.8) is 0 Å². The first kappa shape index (κ1) is 17.1. The topological polar surface area (TPSA) is 47.1 Å². The Morgan fingerprint density at radius 1 is 0.923 bits per heavy atom. The molecule has 3 heterocycles. The zero-order chi connectivity index (χ0) is 17.8. The molecule has 2 bridgehead atoms. The van der Waals surface area contributed by atoms with Gasteiger partial charge in [0.05, 0.1) is 30.8 Å². The number of hydrogen-bond donors (Lipinski definition) is 0. The number of likely N-dealkylation sites (N-methyl/N-ethyl adjacent to an activating group) is 1. The van der Waals surface area contributed by atoms with E-state index >= 15 is 0 Å². The largest absolute Gasteiger partial charge is 0.491 e. The van der Waals surface area contributed by atoms with Crippen LogP contribution in [0.4, 0.5) is 11.4 Å². The van der Waals surface area contributed by atoms with Crippen LogP contribution in [0, 0.1) is 0 Å². The van der Waals surface area contributed by atoms with Gasteiger partial charge in [-0.25, -0.2) is 0 Å². The molecule has 26 heavy (non-hydrogen) atoms. The molecule has 2 aliphatic heterocycles. The summed E-state index contributed by atoms with van der Waals surface area (Å²) in [7, 11) is 2.15. The molecule has 0 unspecified atom stereocenters. The van der Waals surface area contributed by atoms with Crippen molar-refractivity contribution in [2.75, 3.05) is 51.4 Å². The molecule has 0 saturated heterocycles. The van der Waals surface area contributed by atoms with Crippen molar-refractivity contribution in [3.8, 4) is 17.2 Å². The summed E-state index contributed by atoms with van der Waals surface area (Å²) in [5.41, 5.74) is 2.11. The first-order valence-electron chi connectivity index (χ1n) is 9.24. The Hall–Kier alpha value is -2.31. The maximum absolute atomic E-state index is 6.05. The maximum atomic E-state index is 6.05. The summed E-state index contributed by atoms with van der Waals surface area (Å²) in [4.78, 5) is 8.85. The third-order valence-corrected chi connectivity index (χ3v) is 4.78. The van der Waals surface area contributed by atoms with E-state index in [0.717, 1.165) is 67.7 Å². The minimum absolute atomic E-state index is 0.546. The summed E-state index contributed by atoms with van der Waals surface area (Å²) in [5, 5.41) is 0. The molecule has 0 fully saturated rings. The molecular formula is C20H25N3O3. The van der Waals surface area contributed by atoms with Crippen LogP contribution in [0.15, 0.2) is 36.7 Å². The van der Waals surface area contributed by atoms with E-state index in [1.54, 1.807) is 6.20 Å². The molecule has 0 spiro atoms. The Labute approximate surface area is 154 Å². The Morgan fingerprint density at radius 2 is 1.85 bits per heavy atom. The lowest BCUT2D eigenvalue weighted by Gasteiger charge is -2.33. The average Bonchev–Trinajstić information content (AvgIpc) is 2.67. The van der Waals surface area contributed by atoms with Crippen LogP contribution in [0.3, 0.4) is 0 Å². The quantitative estimate of drug-likeness (QED) is 0.721. The van der Waals surface area contributed by atoms with Crippen LogP contribution >= 0.6 is 0 Å². The van der Waals surface area contributed by atoms with Gasteiger partial charge in [0, 0.05) is 25.4 Å². The number of rotatable bonds is 0. The van der Waals surface area contributed by atoms with Gasteiger partial charge in [-0.15, -0.1) is 0 Å². The van der Waals surface area contributed by atoms with Crippen LogP contribution in [-0.2, 0) is 4.74 Å². The van der Waals surface area contributed by atoms with Gasteiger partial charge in [-0.3, -0.25) is 4.98 Å². The monoisotopic (exact) mass is 355 g/mol. The van der Waals surface area contributed by atoms with Gasteiger partial charge in [0.25, 0.3) is 0 Å². The van der Waals surface area contributed by atoms with Crippen molar-refractivity contribution < 1.29 is 14.2 Å². The Kier molecular flexibility index (Phi) is 5.22. The molecule has 6 nitrogen and oxygen atoms in total. The molecule has 0 aliphatic carbocycles. The molecule has 6 heteroatoms. The van der Waals surface area contributed by atoms with Gasteiger partial charge >= 0.3 is 0 Å². The molecule has 2 aromatic rings. The summed E-state index contributed by atoms with van der Waals surface area (Å²) in [6.45, 7) is 4.83. The first-order valence-corrected chi connectivity index (χ1v) is 9.24. The van der Waals surface area contributed by atoms with Crippen LogP contribution in [0.1, 0.15) is 12.8 Å². The Balaban J connectivity index is 1.62. The molecule has 1 aromatic carbocycles. The highest BCUT2D eigenvalue weighted by Crippen LogP contribution is 2.47. The fraction of sp³-hybridized carbons (Fsp3) is 0.450. The molecular weight excluding hydrogens is 330 g/mol. The predicted molar refractivity (Wildman–Crippen MR) is 101 cm³/mol. The lowest BCUT2D eigenvalue weighted by molar-refractivity contribution is 0.0847. The molecule has 0 radical (unpaired) electrons. The van der Waals surface area contributed by atoms with E-state index in [2.05, 4.69) is 27.9 Å². The lowest BCUT2D eigenvalue weighted by atomic mass is 10.1. The highest BCUT2D eigenvalue weighted by molar-refractivity contribution is 5.78. The molecule has 0 saturated carbocycles. The molecule has 2 aliphatic rings. The van der Waals surface area contributed by atoms with Crippen LogP contribution in [0.5, 0.6) is 17.2 Å². The average molecular weight is 355 g/mol. The highest BCUT2D eigenvalue weighted by atomic mass is 16.5. The van der Waals surface area contributed by atoms with Gasteiger partial charge in [0.2, 0.25) is 0 Å². The fourth-order valence-electron chi connectivity index (χ4n) is 3.35. The fourth-order valence-corrected chi connectivity index (χ4v) is 3.35. The van der Waals surface area contributed by atoms with Gasteiger partial charge in [-0.2, -0.15) is 0 Å². The standard InChI is InChI=1S/C20H25N3O3/c1-22-8-2-3-9-23-17-6-7-21-15-20(17)26-19-5-4-16(14-18(19)23)25-13-12-24-11-10-22/h4-7,14-15H,2-3,8-13H2,1H3. The minimum Gasteiger partial charge on any atom is -0.491 e. The number of hydrogen-bond acceptors (Lipinski definition) is 6. The molecule has 138 valence electrons. The second kappa shape index (κ2) is 7.93. The van der Waals surface area contributed by atoms with Gasteiger partial charge < -0.3 is 24.0 Å². The van der Waals surface area contributed by atoms with Gasteiger partial charge in [0.1, 0.15) is 12.4 Å². The summed E-state index contributed by atoms with van der Waals surface area (Å²) < 4.78 is 17.6. The van der Waals surface area contributed by atoms with Gasteiger partial charge in [-0.05, 0) is 44.6 Å². The summed E-state index contributed by atoms with van der Waals surface area (Å²) in [6.07, 6.45) is 5.83. The minimum atomic E-state index is 0.546. The zero-order valence-electron chi connectivity index (χ0n) is 15.2. The van der Waals surface area contributed by atoms with Crippen molar-refractivity contribution in [2.45, 2.75) is 12.8 Å². The highest BCUT2D eigenvalue weighted by Gasteiger charge is 2.24. The summed E-state index contributed by atoms with van der Waals surface area (Å²) in [5.74, 6) is 2.48. The van der Waals surface area contributed by atoms with Crippen molar-refractivity contribution >= 4 is 11.4 Å². The van der Waals surface area contributed by atoms with Crippen LogP contribution in [-0.4, -0.2) is 56.4 Å². The molecule has 0 amide bonds. The number of ether oxygens (including phenoxy) is 3. The normalized spacial score (nSPS) is 18.7. The summed E-state index contributed by atoms with van der Waals surface area (Å²) in [6, 6.07) is 8.00. The molecule has 0 atom stereocenters. The first-order chi connectivity index (χ1) is 12.8. The van der Waals surface area contributed by atoms with E-state index in [-0.39, 0.29) is 0 Å². The van der Waals surface area contributed by atoms with E-state index < -0.39 is 0 Å². The zero-order valence-corrected chi connectivity index (χ0v) is 15.2. The second-order valence-electron chi connectivity index (χ2n) is 6.70.